The molecule has 0 bridgehead atoms. The van der Waals surface area contributed by atoms with Crippen molar-refractivity contribution < 1.29 is 22.3 Å². The van der Waals surface area contributed by atoms with E-state index in [0.29, 0.717) is 17.0 Å². The molecule has 2 fully saturated rings. The number of hydrogen-bond donors (Lipinski definition) is 0. The van der Waals surface area contributed by atoms with Crippen LogP contribution in [-0.2, 0) is 21.2 Å². The third-order valence-electron chi connectivity index (χ3n) is 5.36. The highest BCUT2D eigenvalue weighted by molar-refractivity contribution is 7.91. The number of fused-ring (bicyclic) bond motifs is 1. The van der Waals surface area contributed by atoms with Gasteiger partial charge in [-0.15, -0.1) is 0 Å². The minimum Gasteiger partial charge on any atom is -0.497 e. The van der Waals surface area contributed by atoms with E-state index in [1.54, 1.807) is 52.3 Å². The minimum atomic E-state index is -3.30. The first-order chi connectivity index (χ1) is 13.4. The Morgan fingerprint density at radius 3 is 2.61 bits per heavy atom. The Labute approximate surface area is 163 Å². The molecule has 0 aliphatic carbocycles. The molecular formula is C20H21FN2O4S. The van der Waals surface area contributed by atoms with Crippen LogP contribution in [-0.4, -0.2) is 56.5 Å². The predicted molar refractivity (Wildman–Crippen MR) is 104 cm³/mol. The molecule has 2 aliphatic rings. The molecule has 2 atom stereocenters. The van der Waals surface area contributed by atoms with E-state index in [1.807, 2.05) is 0 Å². The standard InChI is InChI=1S/C20H21FN2O4S/c1-27-16-7-4-6-15(9-16)23-19-13-28(25,26)12-18(19)22(11-20(23)24)10-14-5-2-3-8-17(14)21/h2-9,18-19H,10-13H2,1H3. The zero-order valence-electron chi connectivity index (χ0n) is 15.4. The van der Waals surface area contributed by atoms with Gasteiger partial charge < -0.3 is 9.64 Å². The predicted octanol–water partition coefficient (Wildman–Crippen LogP) is 1.85. The van der Waals surface area contributed by atoms with Crippen molar-refractivity contribution in [3.63, 3.8) is 0 Å². The molecule has 148 valence electrons. The zero-order chi connectivity index (χ0) is 19.9. The van der Waals surface area contributed by atoms with Gasteiger partial charge in [-0.1, -0.05) is 24.3 Å². The van der Waals surface area contributed by atoms with Gasteiger partial charge in [0.2, 0.25) is 5.91 Å². The van der Waals surface area contributed by atoms with Crippen molar-refractivity contribution in [2.24, 2.45) is 0 Å². The summed E-state index contributed by atoms with van der Waals surface area (Å²) in [5.74, 6) is -0.115. The molecule has 0 spiro atoms. The van der Waals surface area contributed by atoms with Gasteiger partial charge in [-0.05, 0) is 18.2 Å². The summed E-state index contributed by atoms with van der Waals surface area (Å²) in [5, 5.41) is 0. The SMILES string of the molecule is COc1cccc(N2C(=O)CN(Cc3ccccc3F)C3CS(=O)(=O)CC32)c1. The minimum absolute atomic E-state index is 0.0300. The number of ether oxygens (including phenoxy) is 1. The van der Waals surface area contributed by atoms with E-state index in [4.69, 9.17) is 4.74 Å². The second-order valence-corrected chi connectivity index (χ2v) is 9.33. The summed E-state index contributed by atoms with van der Waals surface area (Å²) in [4.78, 5) is 16.3. The molecule has 0 N–H and O–H groups in total. The van der Waals surface area contributed by atoms with E-state index in [2.05, 4.69) is 0 Å². The van der Waals surface area contributed by atoms with Crippen molar-refractivity contribution in [3.05, 3.63) is 59.9 Å². The van der Waals surface area contributed by atoms with Crippen molar-refractivity contribution >= 4 is 21.4 Å². The lowest BCUT2D eigenvalue weighted by atomic mass is 10.0. The fourth-order valence-corrected chi connectivity index (χ4v) is 6.05. The summed E-state index contributed by atoms with van der Waals surface area (Å²) in [6.07, 6.45) is 0. The number of methoxy groups -OCH3 is 1. The van der Waals surface area contributed by atoms with Gasteiger partial charge in [-0.3, -0.25) is 9.69 Å². The highest BCUT2D eigenvalue weighted by Gasteiger charge is 2.49. The van der Waals surface area contributed by atoms with Crippen molar-refractivity contribution in [1.29, 1.82) is 0 Å². The van der Waals surface area contributed by atoms with Crippen LogP contribution >= 0.6 is 0 Å². The summed E-state index contributed by atoms with van der Waals surface area (Å²) in [7, 11) is -1.77. The molecule has 2 aromatic carbocycles. The molecule has 4 rings (SSSR count). The first kappa shape index (κ1) is 18.9. The number of piperazine rings is 1. The Hall–Kier alpha value is -2.45. The summed E-state index contributed by atoms with van der Waals surface area (Å²) in [6.45, 7) is 0.225. The Morgan fingerprint density at radius 2 is 1.86 bits per heavy atom. The lowest BCUT2D eigenvalue weighted by molar-refractivity contribution is -0.123. The van der Waals surface area contributed by atoms with Gasteiger partial charge in [-0.25, -0.2) is 12.8 Å². The first-order valence-corrected chi connectivity index (χ1v) is 10.8. The average molecular weight is 404 g/mol. The molecule has 2 unspecified atom stereocenters. The Morgan fingerprint density at radius 1 is 1.11 bits per heavy atom. The van der Waals surface area contributed by atoms with E-state index in [0.717, 1.165) is 0 Å². The number of anilines is 1. The van der Waals surface area contributed by atoms with E-state index >= 15 is 0 Å². The van der Waals surface area contributed by atoms with Gasteiger partial charge in [-0.2, -0.15) is 0 Å². The number of amides is 1. The van der Waals surface area contributed by atoms with Gasteiger partial charge in [0.15, 0.2) is 9.84 Å². The van der Waals surface area contributed by atoms with E-state index < -0.39 is 15.9 Å². The Bertz CT molecular complexity index is 1010. The Balaban J connectivity index is 1.68. The van der Waals surface area contributed by atoms with Crippen molar-refractivity contribution in [2.45, 2.75) is 18.6 Å². The number of halogens is 1. The van der Waals surface area contributed by atoms with Crippen LogP contribution < -0.4 is 9.64 Å². The van der Waals surface area contributed by atoms with Crippen LogP contribution in [0.25, 0.3) is 0 Å². The fourth-order valence-electron chi connectivity index (χ4n) is 4.07. The third kappa shape index (κ3) is 3.49. The van der Waals surface area contributed by atoms with E-state index in [1.165, 1.54) is 13.2 Å². The van der Waals surface area contributed by atoms with Crippen molar-refractivity contribution in [3.8, 4) is 5.75 Å². The number of rotatable bonds is 4. The van der Waals surface area contributed by atoms with Gasteiger partial charge in [0.05, 0.1) is 31.2 Å². The number of nitrogens with zero attached hydrogens (tertiary/aromatic N) is 2. The van der Waals surface area contributed by atoms with Crippen LogP contribution in [0.4, 0.5) is 10.1 Å². The maximum atomic E-state index is 14.1. The van der Waals surface area contributed by atoms with E-state index in [9.17, 15) is 17.6 Å². The normalized spacial score (nSPS) is 24.2. The quantitative estimate of drug-likeness (QED) is 0.778. The Kier molecular flexibility index (Phi) is 4.84. The van der Waals surface area contributed by atoms with Gasteiger partial charge in [0, 0.05) is 29.9 Å². The molecule has 2 aliphatic heterocycles. The van der Waals surface area contributed by atoms with Gasteiger partial charge in [0.25, 0.3) is 0 Å². The lowest BCUT2D eigenvalue weighted by Gasteiger charge is -2.43. The number of carbonyl (C=O) groups is 1. The molecule has 0 saturated carbocycles. The molecule has 2 saturated heterocycles. The van der Waals surface area contributed by atoms with Crippen molar-refractivity contribution in [1.82, 2.24) is 4.90 Å². The van der Waals surface area contributed by atoms with Gasteiger partial charge >= 0.3 is 0 Å². The fraction of sp³-hybridized carbons (Fsp3) is 0.350. The highest BCUT2D eigenvalue weighted by Crippen LogP contribution is 2.33. The molecule has 6 nitrogen and oxygen atoms in total. The molecule has 28 heavy (non-hydrogen) atoms. The first-order valence-electron chi connectivity index (χ1n) is 9.02. The summed E-state index contributed by atoms with van der Waals surface area (Å²) >= 11 is 0. The second kappa shape index (κ2) is 7.18. The molecule has 0 aromatic heterocycles. The number of carbonyl (C=O) groups excluding carboxylic acids is 1. The molecular weight excluding hydrogens is 383 g/mol. The van der Waals surface area contributed by atoms with Gasteiger partial charge in [0.1, 0.15) is 11.6 Å². The van der Waals surface area contributed by atoms with Crippen LogP contribution in [0.1, 0.15) is 5.56 Å². The van der Waals surface area contributed by atoms with Crippen LogP contribution in [0.5, 0.6) is 5.75 Å². The lowest BCUT2D eigenvalue weighted by Crippen LogP contribution is -2.61. The average Bonchev–Trinajstić information content (AvgIpc) is 2.98. The second-order valence-electron chi connectivity index (χ2n) is 7.17. The van der Waals surface area contributed by atoms with Crippen molar-refractivity contribution in [2.75, 3.05) is 30.1 Å². The molecule has 2 heterocycles. The largest absolute Gasteiger partial charge is 0.497 e. The summed E-state index contributed by atoms with van der Waals surface area (Å²) in [5.41, 5.74) is 1.06. The summed E-state index contributed by atoms with van der Waals surface area (Å²) < 4.78 is 44.2. The van der Waals surface area contributed by atoms with Crippen LogP contribution in [0.2, 0.25) is 0 Å². The maximum Gasteiger partial charge on any atom is 0.241 e. The molecule has 1 amide bonds. The van der Waals surface area contributed by atoms with Crippen LogP contribution in [0.3, 0.4) is 0 Å². The molecule has 8 heteroatoms. The third-order valence-corrected chi connectivity index (χ3v) is 7.06. The van der Waals surface area contributed by atoms with Crippen LogP contribution in [0, 0.1) is 5.82 Å². The number of benzene rings is 2. The molecule has 2 aromatic rings. The number of hydrogen-bond acceptors (Lipinski definition) is 5. The number of sulfone groups is 1. The molecule has 0 radical (unpaired) electrons. The maximum absolute atomic E-state index is 14.1. The smallest absolute Gasteiger partial charge is 0.241 e. The topological polar surface area (TPSA) is 66.9 Å². The summed E-state index contributed by atoms with van der Waals surface area (Å²) in [6, 6.07) is 12.5. The monoisotopic (exact) mass is 404 g/mol. The van der Waals surface area contributed by atoms with Crippen LogP contribution in [0.15, 0.2) is 48.5 Å². The highest BCUT2D eigenvalue weighted by atomic mass is 32.2. The zero-order valence-corrected chi connectivity index (χ0v) is 16.2. The van der Waals surface area contributed by atoms with E-state index in [-0.39, 0.29) is 42.4 Å².